The van der Waals surface area contributed by atoms with Gasteiger partial charge in [-0.1, -0.05) is 12.1 Å². The van der Waals surface area contributed by atoms with Gasteiger partial charge in [0, 0.05) is 26.3 Å². The van der Waals surface area contributed by atoms with E-state index in [1.54, 1.807) is 7.11 Å². The number of carbonyl (C=O) groups is 2. The van der Waals surface area contributed by atoms with Crippen LogP contribution in [-0.2, 0) is 20.7 Å². The Kier molecular flexibility index (Phi) is 8.18. The van der Waals surface area contributed by atoms with Crippen LogP contribution in [0.1, 0.15) is 25.3 Å². The largest absolute Gasteiger partial charge is 0.368 e. The number of ether oxygens (including phenoxy) is 1. The van der Waals surface area contributed by atoms with Crippen LogP contribution in [0.5, 0.6) is 0 Å². The highest BCUT2D eigenvalue weighted by Crippen LogP contribution is 2.22. The average molecular weight is 356 g/mol. The molecule has 1 saturated heterocycles. The predicted molar refractivity (Wildman–Crippen MR) is 96.6 cm³/mol. The van der Waals surface area contributed by atoms with Crippen LogP contribution in [0.3, 0.4) is 0 Å². The van der Waals surface area contributed by atoms with Gasteiger partial charge in [-0.3, -0.25) is 9.59 Å². The minimum absolute atomic E-state index is 0. The highest BCUT2D eigenvalue weighted by atomic mass is 35.5. The number of anilines is 1. The highest BCUT2D eigenvalue weighted by molar-refractivity contribution is 5.88. The normalized spacial score (nSPS) is 15.9. The molecule has 1 aliphatic rings. The zero-order valence-electron chi connectivity index (χ0n) is 14.2. The first-order chi connectivity index (χ1) is 11.1. The third-order valence-electron chi connectivity index (χ3n) is 4.19. The van der Waals surface area contributed by atoms with Crippen molar-refractivity contribution in [2.75, 3.05) is 32.1 Å². The zero-order chi connectivity index (χ0) is 16.7. The Balaban J connectivity index is 0.00000288. The predicted octanol–water partition coefficient (Wildman–Crippen LogP) is 1.49. The smallest absolute Gasteiger partial charge is 0.252 e. The quantitative estimate of drug-likeness (QED) is 0.722. The molecule has 134 valence electrons. The van der Waals surface area contributed by atoms with Crippen molar-refractivity contribution in [1.29, 1.82) is 0 Å². The first-order valence-electron chi connectivity index (χ1n) is 7.96. The fraction of sp³-hybridized carbons (Fsp3) is 0.529. The Morgan fingerprint density at radius 2 is 1.83 bits per heavy atom. The Morgan fingerprint density at radius 3 is 2.38 bits per heavy atom. The molecule has 0 saturated carbocycles. The van der Waals surface area contributed by atoms with E-state index in [0.29, 0.717) is 19.4 Å². The molecule has 0 aromatic heterocycles. The molecule has 0 unspecified atom stereocenters. The highest BCUT2D eigenvalue weighted by Gasteiger charge is 2.39. The molecule has 1 aromatic carbocycles. The summed E-state index contributed by atoms with van der Waals surface area (Å²) < 4.78 is 5.50. The Labute approximate surface area is 149 Å². The van der Waals surface area contributed by atoms with Crippen molar-refractivity contribution in [3.05, 3.63) is 29.8 Å². The van der Waals surface area contributed by atoms with E-state index in [1.165, 1.54) is 6.92 Å². The van der Waals surface area contributed by atoms with Crippen LogP contribution in [0.2, 0.25) is 0 Å². The molecule has 1 aromatic rings. The standard InChI is InChI=1S/C17H25N3O3.ClH/c1-13(21)20-15-5-3-14(4-6-15)7-10-19-16(22)17(23-2)8-11-18-12-9-17;/h3-6,18H,7-12H2,1-2H3,(H,19,22)(H,20,21);1H. The summed E-state index contributed by atoms with van der Waals surface area (Å²) in [6.07, 6.45) is 2.13. The summed E-state index contributed by atoms with van der Waals surface area (Å²) in [5, 5.41) is 8.95. The molecule has 0 atom stereocenters. The van der Waals surface area contributed by atoms with E-state index in [2.05, 4.69) is 16.0 Å². The van der Waals surface area contributed by atoms with Gasteiger partial charge in [-0.05, 0) is 50.0 Å². The summed E-state index contributed by atoms with van der Waals surface area (Å²) in [6, 6.07) is 7.63. The van der Waals surface area contributed by atoms with Gasteiger partial charge >= 0.3 is 0 Å². The maximum absolute atomic E-state index is 12.4. The van der Waals surface area contributed by atoms with E-state index < -0.39 is 5.60 Å². The Morgan fingerprint density at radius 1 is 1.21 bits per heavy atom. The third kappa shape index (κ3) is 5.47. The van der Waals surface area contributed by atoms with Gasteiger partial charge < -0.3 is 20.7 Å². The zero-order valence-corrected chi connectivity index (χ0v) is 15.0. The fourth-order valence-electron chi connectivity index (χ4n) is 2.79. The summed E-state index contributed by atoms with van der Waals surface area (Å²) >= 11 is 0. The lowest BCUT2D eigenvalue weighted by Crippen LogP contribution is -2.54. The topological polar surface area (TPSA) is 79.5 Å². The van der Waals surface area contributed by atoms with Crippen molar-refractivity contribution >= 4 is 29.9 Å². The molecule has 2 rings (SSSR count). The van der Waals surface area contributed by atoms with Crippen molar-refractivity contribution in [3.63, 3.8) is 0 Å². The average Bonchev–Trinajstić information content (AvgIpc) is 2.56. The molecule has 7 heteroatoms. The fourth-order valence-corrected chi connectivity index (χ4v) is 2.79. The Hall–Kier alpha value is -1.63. The van der Waals surface area contributed by atoms with Crippen LogP contribution < -0.4 is 16.0 Å². The number of halogens is 1. The van der Waals surface area contributed by atoms with Gasteiger partial charge in [0.1, 0.15) is 5.60 Å². The van der Waals surface area contributed by atoms with Crippen molar-refractivity contribution < 1.29 is 14.3 Å². The summed E-state index contributed by atoms with van der Waals surface area (Å²) in [5.74, 6) is -0.117. The van der Waals surface area contributed by atoms with E-state index >= 15 is 0 Å². The maximum atomic E-state index is 12.4. The van der Waals surface area contributed by atoms with E-state index in [4.69, 9.17) is 4.74 Å². The van der Waals surface area contributed by atoms with E-state index in [0.717, 1.165) is 30.8 Å². The molecule has 24 heavy (non-hydrogen) atoms. The van der Waals surface area contributed by atoms with Gasteiger partial charge in [0.15, 0.2) is 0 Å². The van der Waals surface area contributed by atoms with E-state index in [9.17, 15) is 9.59 Å². The lowest BCUT2D eigenvalue weighted by Gasteiger charge is -2.34. The van der Waals surface area contributed by atoms with Crippen molar-refractivity contribution in [3.8, 4) is 0 Å². The van der Waals surface area contributed by atoms with Crippen LogP contribution in [0.15, 0.2) is 24.3 Å². The SMILES string of the molecule is COC1(C(=O)NCCc2ccc(NC(C)=O)cc2)CCNCC1.Cl. The molecule has 0 aliphatic carbocycles. The minimum Gasteiger partial charge on any atom is -0.368 e. The monoisotopic (exact) mass is 355 g/mol. The van der Waals surface area contributed by atoms with Crippen molar-refractivity contribution in [2.24, 2.45) is 0 Å². The lowest BCUT2D eigenvalue weighted by atomic mass is 9.91. The first-order valence-corrected chi connectivity index (χ1v) is 7.96. The number of amides is 2. The van der Waals surface area contributed by atoms with Gasteiger partial charge in [0.25, 0.3) is 5.91 Å². The number of nitrogens with one attached hydrogen (secondary N) is 3. The maximum Gasteiger partial charge on any atom is 0.252 e. The van der Waals surface area contributed by atoms with E-state index in [-0.39, 0.29) is 24.2 Å². The number of hydrogen-bond acceptors (Lipinski definition) is 4. The number of carbonyl (C=O) groups excluding carboxylic acids is 2. The second kappa shape index (κ2) is 9.61. The summed E-state index contributed by atoms with van der Waals surface area (Å²) in [6.45, 7) is 3.64. The van der Waals surface area contributed by atoms with Crippen LogP contribution in [0.4, 0.5) is 5.69 Å². The molecule has 0 radical (unpaired) electrons. The van der Waals surface area contributed by atoms with Crippen LogP contribution in [0, 0.1) is 0 Å². The van der Waals surface area contributed by atoms with Crippen LogP contribution in [0.25, 0.3) is 0 Å². The molecule has 6 nitrogen and oxygen atoms in total. The third-order valence-corrected chi connectivity index (χ3v) is 4.19. The minimum atomic E-state index is -0.694. The summed E-state index contributed by atoms with van der Waals surface area (Å²) in [5.41, 5.74) is 1.19. The number of methoxy groups -OCH3 is 1. The molecule has 0 bridgehead atoms. The molecule has 1 aliphatic heterocycles. The van der Waals surface area contributed by atoms with E-state index in [1.807, 2.05) is 24.3 Å². The van der Waals surface area contributed by atoms with Gasteiger partial charge in [0.05, 0.1) is 0 Å². The second-order valence-electron chi connectivity index (χ2n) is 5.83. The van der Waals surface area contributed by atoms with Gasteiger partial charge in [0.2, 0.25) is 5.91 Å². The number of piperidine rings is 1. The molecule has 1 fully saturated rings. The van der Waals surface area contributed by atoms with Crippen LogP contribution in [-0.4, -0.2) is 44.2 Å². The number of benzene rings is 1. The van der Waals surface area contributed by atoms with Gasteiger partial charge in [-0.2, -0.15) is 0 Å². The molecule has 1 heterocycles. The molecular weight excluding hydrogens is 330 g/mol. The van der Waals surface area contributed by atoms with Gasteiger partial charge in [-0.25, -0.2) is 0 Å². The second-order valence-corrected chi connectivity index (χ2v) is 5.83. The summed E-state index contributed by atoms with van der Waals surface area (Å²) in [7, 11) is 1.60. The molecule has 2 amide bonds. The molecule has 3 N–H and O–H groups in total. The Bertz CT molecular complexity index is 543. The van der Waals surface area contributed by atoms with Gasteiger partial charge in [-0.15, -0.1) is 12.4 Å². The lowest BCUT2D eigenvalue weighted by molar-refractivity contribution is -0.146. The van der Waals surface area contributed by atoms with Crippen molar-refractivity contribution in [2.45, 2.75) is 31.8 Å². The first kappa shape index (κ1) is 20.4. The number of hydrogen-bond donors (Lipinski definition) is 3. The van der Waals surface area contributed by atoms with Crippen LogP contribution >= 0.6 is 12.4 Å². The summed E-state index contributed by atoms with van der Waals surface area (Å²) in [4.78, 5) is 23.4. The number of rotatable bonds is 6. The van der Waals surface area contributed by atoms with Crippen molar-refractivity contribution in [1.82, 2.24) is 10.6 Å². The molecule has 0 spiro atoms. The molecular formula is C17H26ClN3O3.